The van der Waals surface area contributed by atoms with E-state index in [9.17, 15) is 0 Å². The minimum absolute atomic E-state index is 0.621. The zero-order valence-electron chi connectivity index (χ0n) is 7.17. The van der Waals surface area contributed by atoms with Crippen molar-refractivity contribution in [3.63, 3.8) is 0 Å². The first-order chi connectivity index (χ1) is 5.30. The lowest BCUT2D eigenvalue weighted by Crippen LogP contribution is -1.91. The van der Waals surface area contributed by atoms with E-state index in [0.29, 0.717) is 5.70 Å². The van der Waals surface area contributed by atoms with Crippen LogP contribution in [-0.4, -0.2) is 0 Å². The highest BCUT2D eigenvalue weighted by Gasteiger charge is 1.86. The summed E-state index contributed by atoms with van der Waals surface area (Å²) in [5, 5.41) is 0. The molecule has 0 atom stereocenters. The first kappa shape index (κ1) is 9.76. The highest BCUT2D eigenvalue weighted by Crippen LogP contribution is 2.03. The molecule has 0 saturated heterocycles. The molecule has 0 saturated carbocycles. The van der Waals surface area contributed by atoms with Crippen LogP contribution in [0, 0.1) is 0 Å². The Balaban J connectivity index is 0.000000461. The van der Waals surface area contributed by atoms with E-state index in [-0.39, 0.29) is 0 Å². The Kier molecular flexibility index (Phi) is 4.91. The minimum Gasteiger partial charge on any atom is -0.399 e. The lowest BCUT2D eigenvalue weighted by atomic mass is 10.2. The number of hydrogen-bond donors (Lipinski definition) is 1. The lowest BCUT2D eigenvalue weighted by molar-refractivity contribution is 1.50. The van der Waals surface area contributed by atoms with Gasteiger partial charge in [-0.05, 0) is 5.56 Å². The monoisotopic (exact) mass is 149 g/mol. The highest BCUT2D eigenvalue weighted by atomic mass is 14.6. The molecule has 0 bridgehead atoms. The summed E-state index contributed by atoms with van der Waals surface area (Å²) in [6.07, 6.45) is 0. The van der Waals surface area contributed by atoms with Gasteiger partial charge < -0.3 is 5.73 Å². The van der Waals surface area contributed by atoms with Gasteiger partial charge in [-0.1, -0.05) is 50.8 Å². The van der Waals surface area contributed by atoms with Crippen molar-refractivity contribution in [3.8, 4) is 0 Å². The SMILES string of the molecule is C=C(N)c1ccccc1.CC. The largest absolute Gasteiger partial charge is 0.399 e. The second-order valence-corrected chi connectivity index (χ2v) is 1.89. The molecule has 0 aliphatic carbocycles. The number of nitrogens with two attached hydrogens (primary N) is 1. The third-order valence-corrected chi connectivity index (χ3v) is 1.14. The van der Waals surface area contributed by atoms with Crippen molar-refractivity contribution in [2.45, 2.75) is 13.8 Å². The summed E-state index contributed by atoms with van der Waals surface area (Å²) in [5.41, 5.74) is 7.04. The number of rotatable bonds is 1. The summed E-state index contributed by atoms with van der Waals surface area (Å²) < 4.78 is 0. The molecule has 1 nitrogen and oxygen atoms in total. The van der Waals surface area contributed by atoms with Gasteiger partial charge in [0.2, 0.25) is 0 Å². The third-order valence-electron chi connectivity index (χ3n) is 1.14. The fourth-order valence-corrected chi connectivity index (χ4v) is 0.652. The van der Waals surface area contributed by atoms with Crippen LogP contribution in [0.15, 0.2) is 36.9 Å². The van der Waals surface area contributed by atoms with E-state index in [1.807, 2.05) is 44.2 Å². The minimum atomic E-state index is 0.621. The van der Waals surface area contributed by atoms with Gasteiger partial charge in [-0.25, -0.2) is 0 Å². The van der Waals surface area contributed by atoms with Crippen LogP contribution in [-0.2, 0) is 0 Å². The standard InChI is InChI=1S/C8H9N.C2H6/c1-7(9)8-5-3-2-4-6-8;1-2/h2-6H,1,9H2;1-2H3. The maximum atomic E-state index is 5.42. The summed E-state index contributed by atoms with van der Waals surface area (Å²) in [6, 6.07) is 9.69. The molecule has 11 heavy (non-hydrogen) atoms. The van der Waals surface area contributed by atoms with Crippen molar-refractivity contribution < 1.29 is 0 Å². The molecule has 0 aromatic heterocycles. The van der Waals surface area contributed by atoms with E-state index in [4.69, 9.17) is 5.73 Å². The molecular weight excluding hydrogens is 134 g/mol. The fraction of sp³-hybridized carbons (Fsp3) is 0.200. The van der Waals surface area contributed by atoms with Crippen LogP contribution in [0.25, 0.3) is 5.70 Å². The molecule has 0 amide bonds. The van der Waals surface area contributed by atoms with Crippen molar-refractivity contribution >= 4 is 5.70 Å². The average Bonchev–Trinajstić information content (AvgIpc) is 2.10. The Hall–Kier alpha value is -1.24. The predicted octanol–water partition coefficient (Wildman–Crippen LogP) is 2.64. The van der Waals surface area contributed by atoms with Crippen LogP contribution in [0.4, 0.5) is 0 Å². The predicted molar refractivity (Wildman–Crippen MR) is 51.0 cm³/mol. The van der Waals surface area contributed by atoms with Gasteiger partial charge in [0, 0.05) is 5.70 Å². The molecule has 0 unspecified atom stereocenters. The van der Waals surface area contributed by atoms with E-state index >= 15 is 0 Å². The van der Waals surface area contributed by atoms with E-state index in [0.717, 1.165) is 5.56 Å². The van der Waals surface area contributed by atoms with Crippen LogP contribution in [0.1, 0.15) is 19.4 Å². The summed E-state index contributed by atoms with van der Waals surface area (Å²) in [5.74, 6) is 0. The Labute approximate surface area is 68.5 Å². The van der Waals surface area contributed by atoms with Gasteiger partial charge in [0.25, 0.3) is 0 Å². The van der Waals surface area contributed by atoms with Crippen molar-refractivity contribution in [2.75, 3.05) is 0 Å². The first-order valence-electron chi connectivity index (χ1n) is 3.80. The number of benzene rings is 1. The van der Waals surface area contributed by atoms with Crippen molar-refractivity contribution in [1.82, 2.24) is 0 Å². The zero-order valence-corrected chi connectivity index (χ0v) is 7.17. The van der Waals surface area contributed by atoms with Crippen LogP contribution < -0.4 is 5.73 Å². The van der Waals surface area contributed by atoms with E-state index in [2.05, 4.69) is 6.58 Å². The second kappa shape index (κ2) is 5.54. The Morgan fingerprint density at radius 3 is 1.91 bits per heavy atom. The molecule has 0 spiro atoms. The molecule has 1 aromatic carbocycles. The second-order valence-electron chi connectivity index (χ2n) is 1.89. The molecule has 0 heterocycles. The summed E-state index contributed by atoms with van der Waals surface area (Å²) in [7, 11) is 0. The molecule has 0 aliphatic heterocycles. The normalized spacial score (nSPS) is 7.82. The molecule has 0 radical (unpaired) electrons. The van der Waals surface area contributed by atoms with Gasteiger partial charge in [-0.2, -0.15) is 0 Å². The summed E-state index contributed by atoms with van der Waals surface area (Å²) in [4.78, 5) is 0. The molecule has 1 rings (SSSR count). The Bertz CT molecular complexity index is 201. The van der Waals surface area contributed by atoms with E-state index in [1.54, 1.807) is 0 Å². The van der Waals surface area contributed by atoms with Crippen LogP contribution in [0.3, 0.4) is 0 Å². The molecule has 1 heteroatoms. The molecule has 0 fully saturated rings. The summed E-state index contributed by atoms with van der Waals surface area (Å²) in [6.45, 7) is 7.60. The van der Waals surface area contributed by atoms with E-state index < -0.39 is 0 Å². The van der Waals surface area contributed by atoms with Gasteiger partial charge in [-0.3, -0.25) is 0 Å². The Morgan fingerprint density at radius 2 is 1.64 bits per heavy atom. The van der Waals surface area contributed by atoms with Gasteiger partial charge in [0.1, 0.15) is 0 Å². The van der Waals surface area contributed by atoms with Gasteiger partial charge >= 0.3 is 0 Å². The molecule has 1 aromatic rings. The van der Waals surface area contributed by atoms with Crippen molar-refractivity contribution in [3.05, 3.63) is 42.5 Å². The highest BCUT2D eigenvalue weighted by molar-refractivity contribution is 5.59. The number of hydrogen-bond acceptors (Lipinski definition) is 1. The van der Waals surface area contributed by atoms with Gasteiger partial charge in [0.05, 0.1) is 0 Å². The maximum absolute atomic E-state index is 5.42. The van der Waals surface area contributed by atoms with Gasteiger partial charge in [0.15, 0.2) is 0 Å². The van der Waals surface area contributed by atoms with Crippen LogP contribution in [0.2, 0.25) is 0 Å². The van der Waals surface area contributed by atoms with Crippen molar-refractivity contribution in [2.24, 2.45) is 5.73 Å². The van der Waals surface area contributed by atoms with Crippen LogP contribution in [0.5, 0.6) is 0 Å². The topological polar surface area (TPSA) is 26.0 Å². The molecule has 0 aliphatic rings. The third kappa shape index (κ3) is 3.46. The van der Waals surface area contributed by atoms with Crippen LogP contribution >= 0.6 is 0 Å². The van der Waals surface area contributed by atoms with Gasteiger partial charge in [-0.15, -0.1) is 0 Å². The molecule has 2 N–H and O–H groups in total. The average molecular weight is 149 g/mol. The summed E-state index contributed by atoms with van der Waals surface area (Å²) >= 11 is 0. The maximum Gasteiger partial charge on any atom is 0.0314 e. The lowest BCUT2D eigenvalue weighted by Gasteiger charge is -1.95. The zero-order chi connectivity index (χ0) is 8.69. The van der Waals surface area contributed by atoms with Crippen molar-refractivity contribution in [1.29, 1.82) is 0 Å². The fourth-order valence-electron chi connectivity index (χ4n) is 0.652. The van der Waals surface area contributed by atoms with E-state index in [1.165, 1.54) is 0 Å². The Morgan fingerprint density at radius 1 is 1.18 bits per heavy atom. The molecule has 60 valence electrons. The molecular formula is C10H15N. The smallest absolute Gasteiger partial charge is 0.0314 e. The first-order valence-corrected chi connectivity index (χ1v) is 3.80. The quantitative estimate of drug-likeness (QED) is 0.652.